The van der Waals surface area contributed by atoms with E-state index >= 15 is 0 Å². The zero-order valence-corrected chi connectivity index (χ0v) is 6.63. The molecule has 0 radical (unpaired) electrons. The average molecular weight is 153 g/mol. The fourth-order valence-corrected chi connectivity index (χ4v) is 0.785. The van der Waals surface area contributed by atoms with Crippen molar-refractivity contribution in [2.75, 3.05) is 0 Å². The molecule has 0 unspecified atom stereocenters. The Labute approximate surface area is 65.2 Å². The molecule has 11 heavy (non-hydrogen) atoms. The second-order valence-corrected chi connectivity index (χ2v) is 2.64. The number of nitrogens with two attached hydrogens (primary N) is 1. The summed E-state index contributed by atoms with van der Waals surface area (Å²) < 4.78 is 4.96. The van der Waals surface area contributed by atoms with Crippen molar-refractivity contribution in [2.24, 2.45) is 5.73 Å². The van der Waals surface area contributed by atoms with Crippen molar-refractivity contribution in [1.82, 2.24) is 0 Å². The summed E-state index contributed by atoms with van der Waals surface area (Å²) in [5.74, 6) is 0.190. The van der Waals surface area contributed by atoms with E-state index < -0.39 is 6.04 Å². The van der Waals surface area contributed by atoms with Gasteiger partial charge >= 0.3 is 0 Å². The third kappa shape index (κ3) is 1.68. The molecule has 1 rings (SSSR count). The Morgan fingerprint density at radius 3 is 2.73 bits per heavy atom. The largest absolute Gasteiger partial charge is 0.461 e. The maximum atomic E-state index is 11.1. The Kier molecular flexibility index (Phi) is 2.10. The highest BCUT2D eigenvalue weighted by Gasteiger charge is 2.13. The SMILES string of the molecule is Cc1coc(C(=O)[C@H](C)N)c1. The van der Waals surface area contributed by atoms with E-state index in [4.69, 9.17) is 10.2 Å². The summed E-state index contributed by atoms with van der Waals surface area (Å²) in [6.45, 7) is 3.50. The number of hydrogen-bond acceptors (Lipinski definition) is 3. The zero-order chi connectivity index (χ0) is 8.43. The molecule has 0 aromatic carbocycles. The second kappa shape index (κ2) is 2.88. The van der Waals surface area contributed by atoms with E-state index in [9.17, 15) is 4.79 Å². The topological polar surface area (TPSA) is 56.2 Å². The molecule has 1 atom stereocenters. The number of carbonyl (C=O) groups is 1. The van der Waals surface area contributed by atoms with Gasteiger partial charge in [-0.3, -0.25) is 4.79 Å². The summed E-state index contributed by atoms with van der Waals surface area (Å²) in [4.78, 5) is 11.1. The van der Waals surface area contributed by atoms with Crippen molar-refractivity contribution in [1.29, 1.82) is 0 Å². The van der Waals surface area contributed by atoms with Crippen LogP contribution in [0.15, 0.2) is 16.7 Å². The number of furan rings is 1. The van der Waals surface area contributed by atoms with Gasteiger partial charge in [-0.05, 0) is 25.5 Å². The zero-order valence-electron chi connectivity index (χ0n) is 6.63. The lowest BCUT2D eigenvalue weighted by Gasteiger charge is -1.98. The van der Waals surface area contributed by atoms with Crippen LogP contribution in [0.5, 0.6) is 0 Å². The number of carbonyl (C=O) groups excluding carboxylic acids is 1. The van der Waals surface area contributed by atoms with Gasteiger partial charge < -0.3 is 10.2 Å². The van der Waals surface area contributed by atoms with Gasteiger partial charge in [0.05, 0.1) is 12.3 Å². The maximum absolute atomic E-state index is 11.1. The maximum Gasteiger partial charge on any atom is 0.214 e. The molecular weight excluding hydrogens is 142 g/mol. The monoisotopic (exact) mass is 153 g/mol. The van der Waals surface area contributed by atoms with Gasteiger partial charge in [-0.2, -0.15) is 0 Å². The smallest absolute Gasteiger partial charge is 0.214 e. The van der Waals surface area contributed by atoms with Crippen LogP contribution in [0.4, 0.5) is 0 Å². The van der Waals surface area contributed by atoms with E-state index in [0.29, 0.717) is 5.76 Å². The van der Waals surface area contributed by atoms with Crippen LogP contribution in [0.3, 0.4) is 0 Å². The summed E-state index contributed by atoms with van der Waals surface area (Å²) >= 11 is 0. The van der Waals surface area contributed by atoms with Gasteiger partial charge in [-0.25, -0.2) is 0 Å². The lowest BCUT2D eigenvalue weighted by molar-refractivity contribution is 0.0941. The van der Waals surface area contributed by atoms with Gasteiger partial charge in [0.1, 0.15) is 0 Å². The molecule has 0 aliphatic rings. The standard InChI is InChI=1S/C8H11NO2/c1-5-3-7(11-4-5)8(10)6(2)9/h3-4,6H,9H2,1-2H3/t6-/m0/s1. The predicted octanol–water partition coefficient (Wildman–Crippen LogP) is 1.12. The highest BCUT2D eigenvalue weighted by Crippen LogP contribution is 2.07. The normalized spacial score (nSPS) is 13.0. The van der Waals surface area contributed by atoms with E-state index in [1.165, 1.54) is 6.26 Å². The van der Waals surface area contributed by atoms with Crippen LogP contribution in [0.25, 0.3) is 0 Å². The number of hydrogen-bond donors (Lipinski definition) is 1. The minimum atomic E-state index is -0.486. The van der Waals surface area contributed by atoms with Crippen LogP contribution in [0, 0.1) is 6.92 Å². The van der Waals surface area contributed by atoms with Crippen molar-refractivity contribution < 1.29 is 9.21 Å². The third-order valence-electron chi connectivity index (χ3n) is 1.39. The van der Waals surface area contributed by atoms with Gasteiger partial charge in [0, 0.05) is 0 Å². The minimum Gasteiger partial charge on any atom is -0.461 e. The molecule has 0 aliphatic carbocycles. The third-order valence-corrected chi connectivity index (χ3v) is 1.39. The molecule has 1 aromatic rings. The van der Waals surface area contributed by atoms with Gasteiger partial charge in [-0.15, -0.1) is 0 Å². The molecular formula is C8H11NO2. The van der Waals surface area contributed by atoms with Crippen LogP contribution < -0.4 is 5.73 Å². The first-order chi connectivity index (χ1) is 5.11. The van der Waals surface area contributed by atoms with E-state index in [1.54, 1.807) is 13.0 Å². The molecule has 0 amide bonds. The molecule has 2 N–H and O–H groups in total. The van der Waals surface area contributed by atoms with Crippen LogP contribution in [0.2, 0.25) is 0 Å². The molecule has 3 nitrogen and oxygen atoms in total. The molecule has 1 heterocycles. The Morgan fingerprint density at radius 1 is 1.73 bits per heavy atom. The highest BCUT2D eigenvalue weighted by atomic mass is 16.3. The van der Waals surface area contributed by atoms with Gasteiger partial charge in [0.25, 0.3) is 0 Å². The van der Waals surface area contributed by atoms with Crippen molar-refractivity contribution in [3.63, 3.8) is 0 Å². The van der Waals surface area contributed by atoms with Crippen LogP contribution in [-0.2, 0) is 0 Å². The molecule has 3 heteroatoms. The van der Waals surface area contributed by atoms with E-state index in [2.05, 4.69) is 0 Å². The molecule has 1 aromatic heterocycles. The highest BCUT2D eigenvalue weighted by molar-refractivity contribution is 5.97. The summed E-state index contributed by atoms with van der Waals surface area (Å²) in [7, 11) is 0. The van der Waals surface area contributed by atoms with Crippen LogP contribution in [0.1, 0.15) is 23.0 Å². The fourth-order valence-electron chi connectivity index (χ4n) is 0.785. The Bertz CT molecular complexity index is 263. The van der Waals surface area contributed by atoms with E-state index in [-0.39, 0.29) is 5.78 Å². The van der Waals surface area contributed by atoms with E-state index in [1.807, 2.05) is 6.92 Å². The first-order valence-corrected chi connectivity index (χ1v) is 3.46. The number of rotatable bonds is 2. The number of Topliss-reactive ketones (excluding diaryl/α,β-unsaturated/α-hetero) is 1. The Balaban J connectivity index is 2.85. The first-order valence-electron chi connectivity index (χ1n) is 3.46. The molecule has 0 saturated heterocycles. The Morgan fingerprint density at radius 2 is 2.36 bits per heavy atom. The van der Waals surface area contributed by atoms with Gasteiger partial charge in [-0.1, -0.05) is 0 Å². The quantitative estimate of drug-likeness (QED) is 0.647. The van der Waals surface area contributed by atoms with Crippen molar-refractivity contribution in [2.45, 2.75) is 19.9 Å². The molecule has 0 aliphatic heterocycles. The van der Waals surface area contributed by atoms with Gasteiger partial charge in [0.2, 0.25) is 5.78 Å². The summed E-state index contributed by atoms with van der Waals surface area (Å²) in [6, 6.07) is 1.20. The summed E-state index contributed by atoms with van der Waals surface area (Å²) in [5.41, 5.74) is 6.31. The molecule has 0 spiro atoms. The number of ketones is 1. The molecule has 0 saturated carbocycles. The minimum absolute atomic E-state index is 0.155. The first kappa shape index (κ1) is 8.01. The van der Waals surface area contributed by atoms with E-state index in [0.717, 1.165) is 5.56 Å². The summed E-state index contributed by atoms with van der Waals surface area (Å²) in [5, 5.41) is 0. The number of aryl methyl sites for hydroxylation is 1. The molecule has 0 fully saturated rings. The van der Waals surface area contributed by atoms with Crippen molar-refractivity contribution >= 4 is 5.78 Å². The van der Waals surface area contributed by atoms with Crippen molar-refractivity contribution in [3.05, 3.63) is 23.7 Å². The Hall–Kier alpha value is -1.09. The lowest BCUT2D eigenvalue weighted by atomic mass is 10.2. The predicted molar refractivity (Wildman–Crippen MR) is 41.4 cm³/mol. The lowest BCUT2D eigenvalue weighted by Crippen LogP contribution is -2.26. The van der Waals surface area contributed by atoms with Crippen LogP contribution in [-0.4, -0.2) is 11.8 Å². The molecule has 60 valence electrons. The van der Waals surface area contributed by atoms with Crippen LogP contribution >= 0.6 is 0 Å². The average Bonchev–Trinajstić information content (AvgIpc) is 2.34. The van der Waals surface area contributed by atoms with Gasteiger partial charge in [0.15, 0.2) is 5.76 Å². The fraction of sp³-hybridized carbons (Fsp3) is 0.375. The van der Waals surface area contributed by atoms with Crippen molar-refractivity contribution in [3.8, 4) is 0 Å². The second-order valence-electron chi connectivity index (χ2n) is 2.64. The summed E-state index contributed by atoms with van der Waals surface area (Å²) in [6.07, 6.45) is 1.54. The molecule has 0 bridgehead atoms.